The molecular weight excluding hydrogens is 272 g/mol. The molecule has 1 saturated carbocycles. The second-order valence-electron chi connectivity index (χ2n) is 4.72. The molecule has 100 valence electrons. The molecule has 1 aromatic carbocycles. The smallest absolute Gasteiger partial charge is 0.155 e. The van der Waals surface area contributed by atoms with Crippen molar-refractivity contribution >= 4 is 21.4 Å². The van der Waals surface area contributed by atoms with Crippen LogP contribution in [0.3, 0.4) is 0 Å². The predicted molar refractivity (Wildman–Crippen MR) is 73.4 cm³/mol. The molecule has 0 heterocycles. The van der Waals surface area contributed by atoms with Crippen LogP contribution < -0.4 is 11.5 Å². The first-order valence-electron chi connectivity index (χ1n) is 5.83. The first kappa shape index (κ1) is 13.8. The summed E-state index contributed by atoms with van der Waals surface area (Å²) in [5.74, 6) is -0.181. The number of halogens is 1. The van der Waals surface area contributed by atoms with Crippen LogP contribution in [0.2, 0.25) is 5.02 Å². The Bertz CT molecular complexity index is 561. The van der Waals surface area contributed by atoms with Crippen molar-refractivity contribution in [3.8, 4) is 0 Å². The highest BCUT2D eigenvalue weighted by molar-refractivity contribution is 7.92. The van der Waals surface area contributed by atoms with Gasteiger partial charge >= 0.3 is 0 Å². The maximum atomic E-state index is 12.0. The molecule has 6 heteroatoms. The molecule has 2 rings (SSSR count). The summed E-state index contributed by atoms with van der Waals surface area (Å²) in [7, 11) is -3.20. The first-order valence-corrected chi connectivity index (χ1v) is 7.92. The third-order valence-corrected chi connectivity index (χ3v) is 6.18. The van der Waals surface area contributed by atoms with Crippen molar-refractivity contribution in [3.05, 3.63) is 34.9 Å². The summed E-state index contributed by atoms with van der Waals surface area (Å²) in [4.78, 5) is 0. The number of hydrogen-bond acceptors (Lipinski definition) is 4. The minimum absolute atomic E-state index is 0.0771. The van der Waals surface area contributed by atoms with Gasteiger partial charge in [-0.05, 0) is 17.7 Å². The molecule has 0 unspecified atom stereocenters. The van der Waals surface area contributed by atoms with E-state index in [4.69, 9.17) is 23.1 Å². The Labute approximate surface area is 112 Å². The Hall–Kier alpha value is -0.620. The van der Waals surface area contributed by atoms with Gasteiger partial charge in [-0.3, -0.25) is 0 Å². The molecule has 0 aliphatic heterocycles. The van der Waals surface area contributed by atoms with Gasteiger partial charge in [0.05, 0.1) is 10.8 Å². The van der Waals surface area contributed by atoms with E-state index >= 15 is 0 Å². The highest BCUT2D eigenvalue weighted by Gasteiger charge is 2.67. The summed E-state index contributed by atoms with van der Waals surface area (Å²) in [6.45, 7) is 1.77. The zero-order chi connectivity index (χ0) is 13.6. The lowest BCUT2D eigenvalue weighted by molar-refractivity contribution is 0.587. The lowest BCUT2D eigenvalue weighted by atomic mass is 10.1. The summed E-state index contributed by atoms with van der Waals surface area (Å²) in [6, 6.07) is 7.15. The number of benzene rings is 1. The van der Waals surface area contributed by atoms with Crippen LogP contribution in [0.4, 0.5) is 0 Å². The highest BCUT2D eigenvalue weighted by Crippen LogP contribution is 2.53. The van der Waals surface area contributed by atoms with Crippen molar-refractivity contribution in [2.75, 3.05) is 12.3 Å². The fraction of sp³-hybridized carbons (Fsp3) is 0.500. The van der Waals surface area contributed by atoms with E-state index in [9.17, 15) is 8.42 Å². The number of nitrogens with two attached hydrogens (primary N) is 2. The van der Waals surface area contributed by atoms with E-state index in [-0.39, 0.29) is 18.2 Å². The van der Waals surface area contributed by atoms with Crippen LogP contribution >= 0.6 is 11.6 Å². The maximum absolute atomic E-state index is 12.0. The SMILES string of the molecule is CCS(=O)(=O)[C@H]1[C@H](c2cccc(Cl)c2)[C@@]1(N)CN. The van der Waals surface area contributed by atoms with Crippen LogP contribution in [-0.2, 0) is 9.84 Å². The zero-order valence-electron chi connectivity index (χ0n) is 10.1. The van der Waals surface area contributed by atoms with Crippen molar-refractivity contribution < 1.29 is 8.42 Å². The van der Waals surface area contributed by atoms with Crippen molar-refractivity contribution in [1.29, 1.82) is 0 Å². The van der Waals surface area contributed by atoms with E-state index in [1.165, 1.54) is 0 Å². The van der Waals surface area contributed by atoms with E-state index in [1.54, 1.807) is 25.1 Å². The lowest BCUT2D eigenvalue weighted by Crippen LogP contribution is -2.39. The van der Waals surface area contributed by atoms with E-state index in [2.05, 4.69) is 0 Å². The molecule has 0 radical (unpaired) electrons. The average molecular weight is 289 g/mol. The van der Waals surface area contributed by atoms with Gasteiger partial charge in [-0.2, -0.15) is 0 Å². The van der Waals surface area contributed by atoms with Gasteiger partial charge in [0.2, 0.25) is 0 Å². The second kappa shape index (κ2) is 4.49. The van der Waals surface area contributed by atoms with Gasteiger partial charge < -0.3 is 11.5 Å². The quantitative estimate of drug-likeness (QED) is 0.862. The van der Waals surface area contributed by atoms with Crippen molar-refractivity contribution in [3.63, 3.8) is 0 Å². The maximum Gasteiger partial charge on any atom is 0.155 e. The second-order valence-corrected chi connectivity index (χ2v) is 7.57. The molecular formula is C12H17ClN2O2S. The minimum Gasteiger partial charge on any atom is -0.329 e. The standard InChI is InChI=1S/C12H17ClN2O2S/c1-2-18(16,17)11-10(12(11,15)7-14)8-4-3-5-9(13)6-8/h3-6,10-11H,2,7,14-15H2,1H3/t10-,11-,12-/m0/s1. The van der Waals surface area contributed by atoms with Gasteiger partial charge in [0, 0.05) is 23.2 Å². The molecule has 4 nitrogen and oxygen atoms in total. The van der Waals surface area contributed by atoms with Crippen LogP contribution in [0.15, 0.2) is 24.3 Å². The summed E-state index contributed by atoms with van der Waals surface area (Å²) in [5, 5.41) is -0.0233. The molecule has 0 amide bonds. The third kappa shape index (κ3) is 2.05. The van der Waals surface area contributed by atoms with Gasteiger partial charge in [0.25, 0.3) is 0 Å². The monoisotopic (exact) mass is 288 g/mol. The summed E-state index contributed by atoms with van der Waals surface area (Å²) in [5.41, 5.74) is 11.8. The number of hydrogen-bond donors (Lipinski definition) is 2. The van der Waals surface area contributed by atoms with Gasteiger partial charge in [0.1, 0.15) is 0 Å². The fourth-order valence-corrected chi connectivity index (χ4v) is 4.79. The average Bonchev–Trinajstić information content (AvgIpc) is 2.98. The topological polar surface area (TPSA) is 86.2 Å². The van der Waals surface area contributed by atoms with Gasteiger partial charge in [0.15, 0.2) is 9.84 Å². The minimum atomic E-state index is -3.20. The van der Waals surface area contributed by atoms with Crippen LogP contribution in [-0.4, -0.2) is 31.5 Å². The zero-order valence-corrected chi connectivity index (χ0v) is 11.7. The number of sulfone groups is 1. The Balaban J connectivity index is 2.40. The van der Waals surface area contributed by atoms with E-state index in [0.29, 0.717) is 5.02 Å². The molecule has 1 aromatic rings. The van der Waals surface area contributed by atoms with Crippen LogP contribution in [0.25, 0.3) is 0 Å². The predicted octanol–water partition coefficient (Wildman–Crippen LogP) is 0.897. The van der Waals surface area contributed by atoms with Crippen LogP contribution in [0.5, 0.6) is 0 Å². The van der Waals surface area contributed by atoms with Crippen molar-refractivity contribution in [2.24, 2.45) is 11.5 Å². The van der Waals surface area contributed by atoms with E-state index < -0.39 is 20.6 Å². The van der Waals surface area contributed by atoms with Gasteiger partial charge in [-0.25, -0.2) is 8.42 Å². The Morgan fingerprint density at radius 2 is 2.11 bits per heavy atom. The summed E-state index contributed by atoms with van der Waals surface area (Å²) in [6.07, 6.45) is 0. The molecule has 0 saturated heterocycles. The highest BCUT2D eigenvalue weighted by atomic mass is 35.5. The molecule has 0 spiro atoms. The molecule has 0 bridgehead atoms. The molecule has 3 atom stereocenters. The molecule has 1 aliphatic rings. The largest absolute Gasteiger partial charge is 0.329 e. The Morgan fingerprint density at radius 3 is 2.61 bits per heavy atom. The normalized spacial score (nSPS) is 31.3. The first-order chi connectivity index (χ1) is 8.36. The third-order valence-electron chi connectivity index (χ3n) is 3.65. The van der Waals surface area contributed by atoms with Crippen molar-refractivity contribution in [2.45, 2.75) is 23.6 Å². The van der Waals surface area contributed by atoms with E-state index in [1.807, 2.05) is 6.07 Å². The molecule has 4 N–H and O–H groups in total. The molecule has 1 aliphatic carbocycles. The lowest BCUT2D eigenvalue weighted by Gasteiger charge is -2.08. The van der Waals surface area contributed by atoms with Crippen LogP contribution in [0, 0.1) is 0 Å². The Morgan fingerprint density at radius 1 is 1.44 bits per heavy atom. The summed E-state index contributed by atoms with van der Waals surface area (Å²) < 4.78 is 24.1. The molecule has 18 heavy (non-hydrogen) atoms. The molecule has 1 fully saturated rings. The van der Waals surface area contributed by atoms with Gasteiger partial charge in [-0.1, -0.05) is 30.7 Å². The van der Waals surface area contributed by atoms with E-state index in [0.717, 1.165) is 5.56 Å². The van der Waals surface area contributed by atoms with Crippen molar-refractivity contribution in [1.82, 2.24) is 0 Å². The number of rotatable bonds is 4. The van der Waals surface area contributed by atoms with Crippen LogP contribution in [0.1, 0.15) is 18.4 Å². The fourth-order valence-electron chi connectivity index (χ4n) is 2.57. The van der Waals surface area contributed by atoms with Gasteiger partial charge in [-0.15, -0.1) is 0 Å². The Kier molecular flexibility index (Phi) is 3.44. The summed E-state index contributed by atoms with van der Waals surface area (Å²) >= 11 is 5.93. The molecule has 0 aromatic heterocycles.